The Kier molecular flexibility index (Phi) is 4.97. The molecule has 1 unspecified atom stereocenters. The summed E-state index contributed by atoms with van der Waals surface area (Å²) in [5.74, 6) is -2.20. The van der Waals surface area contributed by atoms with E-state index in [9.17, 15) is 27.6 Å². The number of hydrogen-bond acceptors (Lipinski definition) is 3. The number of aryl methyl sites for hydroxylation is 1. The number of para-hydroxylation sites is 1. The number of fused-ring (bicyclic) bond motifs is 1. The van der Waals surface area contributed by atoms with Gasteiger partial charge in [-0.1, -0.05) is 25.1 Å². The monoisotopic (exact) mass is 390 g/mol. The van der Waals surface area contributed by atoms with Gasteiger partial charge < -0.3 is 5.32 Å². The van der Waals surface area contributed by atoms with Gasteiger partial charge in [0.15, 0.2) is 0 Å². The highest BCUT2D eigenvalue weighted by Gasteiger charge is 2.42. The first-order valence-electron chi connectivity index (χ1n) is 8.60. The summed E-state index contributed by atoms with van der Waals surface area (Å²) in [6.45, 7) is 3.37. The van der Waals surface area contributed by atoms with Crippen LogP contribution in [0.5, 0.6) is 0 Å². The van der Waals surface area contributed by atoms with Gasteiger partial charge in [0, 0.05) is 5.69 Å². The summed E-state index contributed by atoms with van der Waals surface area (Å²) in [7, 11) is 0. The number of ketones is 1. The molecular weight excluding hydrogens is 373 g/mol. The molecule has 1 aliphatic heterocycles. The molecule has 0 saturated heterocycles. The molecule has 0 bridgehead atoms. The van der Waals surface area contributed by atoms with Crippen LogP contribution in [0.1, 0.15) is 34.8 Å². The van der Waals surface area contributed by atoms with E-state index in [0.29, 0.717) is 11.3 Å². The third kappa shape index (κ3) is 3.37. The predicted octanol–water partition coefficient (Wildman–Crippen LogP) is 3.96. The number of amides is 2. The molecule has 0 radical (unpaired) electrons. The van der Waals surface area contributed by atoms with Crippen molar-refractivity contribution in [1.82, 2.24) is 0 Å². The first-order valence-corrected chi connectivity index (χ1v) is 8.60. The molecule has 2 aromatic carbocycles. The summed E-state index contributed by atoms with van der Waals surface area (Å²) < 4.78 is 38.6. The van der Waals surface area contributed by atoms with E-state index in [0.717, 1.165) is 17.0 Å². The van der Waals surface area contributed by atoms with Crippen LogP contribution in [0.2, 0.25) is 0 Å². The number of carbonyl (C=O) groups is 3. The molecule has 0 fully saturated rings. The number of rotatable bonds is 4. The van der Waals surface area contributed by atoms with Crippen molar-refractivity contribution in [3.8, 4) is 0 Å². The molecule has 0 aromatic heterocycles. The van der Waals surface area contributed by atoms with Crippen molar-refractivity contribution < 1.29 is 27.6 Å². The number of anilines is 2. The molecule has 5 nitrogen and oxygen atoms in total. The molecule has 0 saturated carbocycles. The lowest BCUT2D eigenvalue weighted by atomic mass is 10.1. The Morgan fingerprint density at radius 3 is 2.46 bits per heavy atom. The summed E-state index contributed by atoms with van der Waals surface area (Å²) in [5.41, 5.74) is 0.300. The minimum atomic E-state index is -4.54. The Morgan fingerprint density at radius 2 is 1.82 bits per heavy atom. The Labute approximate surface area is 159 Å². The van der Waals surface area contributed by atoms with Crippen molar-refractivity contribution >= 4 is 29.0 Å². The van der Waals surface area contributed by atoms with Gasteiger partial charge in [0.25, 0.3) is 11.7 Å². The van der Waals surface area contributed by atoms with Crippen molar-refractivity contribution in [3.63, 3.8) is 0 Å². The molecule has 8 heteroatoms. The van der Waals surface area contributed by atoms with E-state index in [1.165, 1.54) is 18.2 Å². The van der Waals surface area contributed by atoms with Gasteiger partial charge in [-0.15, -0.1) is 0 Å². The maximum absolute atomic E-state index is 12.9. The summed E-state index contributed by atoms with van der Waals surface area (Å²) in [4.78, 5) is 38.7. The number of hydrogen-bond donors (Lipinski definition) is 1. The standard InChI is InChI=1S/C20H17F3N2O3/c1-3-15(18(27)24-13-8-5-7-12(10-13)20(21,22)23)25-16-11(2)6-4-9-14(16)17(26)19(25)28/h4-10,15H,3H2,1-2H3,(H,24,27). The molecule has 1 atom stereocenters. The number of benzene rings is 2. The Bertz CT molecular complexity index is 969. The van der Waals surface area contributed by atoms with E-state index < -0.39 is 35.4 Å². The number of halogens is 3. The average molecular weight is 390 g/mol. The van der Waals surface area contributed by atoms with Gasteiger partial charge in [-0.2, -0.15) is 13.2 Å². The highest BCUT2D eigenvalue weighted by Crippen LogP contribution is 2.35. The van der Waals surface area contributed by atoms with Gasteiger partial charge in [-0.05, 0) is 43.2 Å². The highest BCUT2D eigenvalue weighted by atomic mass is 19.4. The van der Waals surface area contributed by atoms with Crippen LogP contribution in [0, 0.1) is 6.92 Å². The molecule has 3 rings (SSSR count). The van der Waals surface area contributed by atoms with E-state index >= 15 is 0 Å². The number of Topliss-reactive ketones (excluding diaryl/α,β-unsaturated/α-hetero) is 1. The van der Waals surface area contributed by atoms with E-state index in [4.69, 9.17) is 0 Å². The van der Waals surface area contributed by atoms with Crippen molar-refractivity contribution in [2.24, 2.45) is 0 Å². The molecule has 146 valence electrons. The molecule has 0 aliphatic carbocycles. The number of carbonyl (C=O) groups excluding carboxylic acids is 3. The lowest BCUT2D eigenvalue weighted by Gasteiger charge is -2.27. The van der Waals surface area contributed by atoms with Crippen molar-refractivity contribution in [2.75, 3.05) is 10.2 Å². The minimum Gasteiger partial charge on any atom is -0.324 e. The summed E-state index contributed by atoms with van der Waals surface area (Å²) in [5, 5.41) is 2.42. The second-order valence-electron chi connectivity index (χ2n) is 6.47. The van der Waals surface area contributed by atoms with Crippen molar-refractivity contribution in [2.45, 2.75) is 32.5 Å². The predicted molar refractivity (Wildman–Crippen MR) is 97.1 cm³/mol. The van der Waals surface area contributed by atoms with Crippen molar-refractivity contribution in [3.05, 3.63) is 59.2 Å². The first kappa shape index (κ1) is 19.6. The van der Waals surface area contributed by atoms with Gasteiger partial charge in [0.1, 0.15) is 6.04 Å². The molecule has 28 heavy (non-hydrogen) atoms. The zero-order valence-corrected chi connectivity index (χ0v) is 15.1. The maximum Gasteiger partial charge on any atom is 0.416 e. The Hall–Kier alpha value is -3.16. The lowest BCUT2D eigenvalue weighted by Crippen LogP contribution is -2.46. The van der Waals surface area contributed by atoms with Crippen molar-refractivity contribution in [1.29, 1.82) is 0 Å². The Morgan fingerprint density at radius 1 is 1.14 bits per heavy atom. The maximum atomic E-state index is 12.9. The Balaban J connectivity index is 1.92. The second-order valence-corrected chi connectivity index (χ2v) is 6.47. The van der Waals surface area contributed by atoms with E-state index in [1.807, 2.05) is 0 Å². The van der Waals surface area contributed by atoms with E-state index in [1.54, 1.807) is 26.0 Å². The molecular formula is C20H17F3N2O3. The van der Waals surface area contributed by atoms with E-state index in [2.05, 4.69) is 5.32 Å². The summed E-state index contributed by atoms with van der Waals surface area (Å²) in [6.07, 6.45) is -4.37. The molecule has 2 amide bonds. The number of nitrogens with one attached hydrogen (secondary N) is 1. The minimum absolute atomic E-state index is 0.0405. The smallest absolute Gasteiger partial charge is 0.324 e. The van der Waals surface area contributed by atoms with Gasteiger partial charge >= 0.3 is 6.18 Å². The molecule has 1 aliphatic rings. The molecule has 1 heterocycles. The largest absolute Gasteiger partial charge is 0.416 e. The molecule has 2 aromatic rings. The normalized spacial score (nSPS) is 14.8. The van der Waals surface area contributed by atoms with Crippen LogP contribution in [-0.4, -0.2) is 23.6 Å². The SMILES string of the molecule is CCC(C(=O)Nc1cccc(C(F)(F)F)c1)N1C(=O)C(=O)c2cccc(C)c21. The summed E-state index contributed by atoms with van der Waals surface area (Å²) >= 11 is 0. The zero-order chi connectivity index (χ0) is 20.6. The zero-order valence-electron chi connectivity index (χ0n) is 15.1. The van der Waals surface area contributed by atoms with Gasteiger partial charge in [-0.25, -0.2) is 0 Å². The fourth-order valence-electron chi connectivity index (χ4n) is 3.27. The van der Waals surface area contributed by atoms with Crippen LogP contribution in [-0.2, 0) is 15.8 Å². The fraction of sp³-hybridized carbons (Fsp3) is 0.250. The van der Waals surface area contributed by atoms with Crippen LogP contribution in [0.3, 0.4) is 0 Å². The van der Waals surface area contributed by atoms with Crippen LogP contribution >= 0.6 is 0 Å². The van der Waals surface area contributed by atoms with Crippen LogP contribution in [0.25, 0.3) is 0 Å². The number of alkyl halides is 3. The molecule has 1 N–H and O–H groups in total. The average Bonchev–Trinajstić information content (AvgIpc) is 2.88. The fourth-order valence-corrected chi connectivity index (χ4v) is 3.27. The van der Waals surface area contributed by atoms with Gasteiger partial charge in [-0.3, -0.25) is 19.3 Å². The van der Waals surface area contributed by atoms with Crippen LogP contribution in [0.4, 0.5) is 24.5 Å². The lowest BCUT2D eigenvalue weighted by molar-refractivity contribution is -0.137. The third-order valence-electron chi connectivity index (χ3n) is 4.59. The van der Waals surface area contributed by atoms with Gasteiger partial charge in [0.05, 0.1) is 16.8 Å². The van der Waals surface area contributed by atoms with Crippen LogP contribution < -0.4 is 10.2 Å². The first-order chi connectivity index (χ1) is 13.1. The number of nitrogens with zero attached hydrogens (tertiary/aromatic N) is 1. The van der Waals surface area contributed by atoms with Gasteiger partial charge in [0.2, 0.25) is 5.91 Å². The molecule has 0 spiro atoms. The van der Waals surface area contributed by atoms with E-state index in [-0.39, 0.29) is 17.7 Å². The quantitative estimate of drug-likeness (QED) is 0.804. The highest BCUT2D eigenvalue weighted by molar-refractivity contribution is 6.53. The van der Waals surface area contributed by atoms with Crippen LogP contribution in [0.15, 0.2) is 42.5 Å². The second kappa shape index (κ2) is 7.10. The third-order valence-corrected chi connectivity index (χ3v) is 4.59. The summed E-state index contributed by atoms with van der Waals surface area (Å²) in [6, 6.07) is 8.07. The topological polar surface area (TPSA) is 66.5 Å².